The second kappa shape index (κ2) is 5.43. The molecule has 1 amide bonds. The lowest BCUT2D eigenvalue weighted by Gasteiger charge is -2.21. The number of aliphatic carboxylic acids is 1. The van der Waals surface area contributed by atoms with Crippen LogP contribution in [0.2, 0.25) is 0 Å². The first-order valence-electron chi connectivity index (χ1n) is 6.60. The number of carboxylic acids is 1. The van der Waals surface area contributed by atoms with Crippen molar-refractivity contribution in [1.82, 2.24) is 4.90 Å². The molecular weight excluding hydrogens is 242 g/mol. The minimum atomic E-state index is -0.857. The SMILES string of the molecule is CCN(Cc1cccc(C)c1)C(=O)[C@@H]1C[C@@H]1C(=O)O. The first kappa shape index (κ1) is 13.6. The molecule has 0 heterocycles. The Morgan fingerprint density at radius 1 is 1.37 bits per heavy atom. The van der Waals surface area contributed by atoms with Crippen molar-refractivity contribution >= 4 is 11.9 Å². The Morgan fingerprint density at radius 3 is 2.63 bits per heavy atom. The van der Waals surface area contributed by atoms with Crippen LogP contribution in [-0.2, 0) is 16.1 Å². The summed E-state index contributed by atoms with van der Waals surface area (Å²) in [7, 11) is 0. The van der Waals surface area contributed by atoms with Gasteiger partial charge in [0.1, 0.15) is 0 Å². The Labute approximate surface area is 113 Å². The number of nitrogens with zero attached hydrogens (tertiary/aromatic N) is 1. The predicted octanol–water partition coefficient (Wildman–Crippen LogP) is 2.06. The van der Waals surface area contributed by atoms with E-state index in [0.717, 1.165) is 11.1 Å². The highest BCUT2D eigenvalue weighted by Gasteiger charge is 2.49. The molecule has 102 valence electrons. The van der Waals surface area contributed by atoms with E-state index in [4.69, 9.17) is 5.11 Å². The van der Waals surface area contributed by atoms with Crippen LogP contribution in [0.3, 0.4) is 0 Å². The monoisotopic (exact) mass is 261 g/mol. The summed E-state index contributed by atoms with van der Waals surface area (Å²) in [5.74, 6) is -1.68. The van der Waals surface area contributed by atoms with E-state index in [1.54, 1.807) is 4.90 Å². The molecule has 0 aromatic heterocycles. The van der Waals surface area contributed by atoms with Crippen LogP contribution in [0.15, 0.2) is 24.3 Å². The van der Waals surface area contributed by atoms with Crippen molar-refractivity contribution in [3.05, 3.63) is 35.4 Å². The summed E-state index contributed by atoms with van der Waals surface area (Å²) >= 11 is 0. The maximum atomic E-state index is 12.2. The topological polar surface area (TPSA) is 57.6 Å². The van der Waals surface area contributed by atoms with Gasteiger partial charge in [-0.2, -0.15) is 0 Å². The molecule has 4 nitrogen and oxygen atoms in total. The molecule has 0 unspecified atom stereocenters. The number of rotatable bonds is 5. The molecule has 1 saturated carbocycles. The highest BCUT2D eigenvalue weighted by molar-refractivity contribution is 5.89. The fourth-order valence-electron chi connectivity index (χ4n) is 2.35. The average Bonchev–Trinajstić information content (AvgIpc) is 3.15. The summed E-state index contributed by atoms with van der Waals surface area (Å²) in [6.07, 6.45) is 0.485. The van der Waals surface area contributed by atoms with E-state index >= 15 is 0 Å². The lowest BCUT2D eigenvalue weighted by Crippen LogP contribution is -2.32. The fourth-order valence-corrected chi connectivity index (χ4v) is 2.35. The van der Waals surface area contributed by atoms with Gasteiger partial charge in [-0.05, 0) is 25.8 Å². The Bertz CT molecular complexity index is 498. The third kappa shape index (κ3) is 3.13. The van der Waals surface area contributed by atoms with Gasteiger partial charge in [0.25, 0.3) is 0 Å². The Hall–Kier alpha value is -1.84. The summed E-state index contributed by atoms with van der Waals surface area (Å²) in [6.45, 7) is 5.10. The molecular formula is C15H19NO3. The van der Waals surface area contributed by atoms with Crippen LogP contribution in [0.25, 0.3) is 0 Å². The first-order chi connectivity index (χ1) is 9.02. The second-order valence-corrected chi connectivity index (χ2v) is 5.13. The van der Waals surface area contributed by atoms with Gasteiger partial charge in [-0.3, -0.25) is 9.59 Å². The summed E-state index contributed by atoms with van der Waals surface area (Å²) in [4.78, 5) is 24.8. The van der Waals surface area contributed by atoms with E-state index in [1.165, 1.54) is 0 Å². The molecule has 0 aliphatic heterocycles. The van der Waals surface area contributed by atoms with E-state index in [9.17, 15) is 9.59 Å². The molecule has 1 aromatic rings. The zero-order valence-electron chi connectivity index (χ0n) is 11.3. The van der Waals surface area contributed by atoms with Crippen LogP contribution in [0, 0.1) is 18.8 Å². The minimum absolute atomic E-state index is 0.0311. The van der Waals surface area contributed by atoms with Gasteiger partial charge in [0, 0.05) is 13.1 Å². The average molecular weight is 261 g/mol. The van der Waals surface area contributed by atoms with Crippen molar-refractivity contribution in [2.45, 2.75) is 26.8 Å². The molecule has 2 rings (SSSR count). The molecule has 1 aliphatic rings. The van der Waals surface area contributed by atoms with Crippen LogP contribution in [-0.4, -0.2) is 28.4 Å². The molecule has 0 radical (unpaired) electrons. The largest absolute Gasteiger partial charge is 0.481 e. The van der Waals surface area contributed by atoms with E-state index in [0.29, 0.717) is 19.5 Å². The highest BCUT2D eigenvalue weighted by Crippen LogP contribution is 2.40. The number of carbonyl (C=O) groups excluding carboxylic acids is 1. The van der Waals surface area contributed by atoms with E-state index in [1.807, 2.05) is 32.0 Å². The smallest absolute Gasteiger partial charge is 0.307 e. The molecule has 0 saturated heterocycles. The van der Waals surface area contributed by atoms with Crippen LogP contribution in [0.1, 0.15) is 24.5 Å². The highest BCUT2D eigenvalue weighted by atomic mass is 16.4. The molecule has 0 spiro atoms. The van der Waals surface area contributed by atoms with Crippen LogP contribution >= 0.6 is 0 Å². The predicted molar refractivity (Wildman–Crippen MR) is 71.5 cm³/mol. The molecule has 1 fully saturated rings. The van der Waals surface area contributed by atoms with Gasteiger partial charge < -0.3 is 10.0 Å². The normalized spacial score (nSPS) is 20.9. The minimum Gasteiger partial charge on any atom is -0.481 e. The van der Waals surface area contributed by atoms with Crippen molar-refractivity contribution in [1.29, 1.82) is 0 Å². The third-order valence-corrected chi connectivity index (χ3v) is 3.57. The van der Waals surface area contributed by atoms with Gasteiger partial charge in [0.2, 0.25) is 5.91 Å². The summed E-state index contributed by atoms with van der Waals surface area (Å²) in [6, 6.07) is 8.03. The molecule has 2 atom stereocenters. The molecule has 4 heteroatoms. The molecule has 19 heavy (non-hydrogen) atoms. The summed E-state index contributed by atoms with van der Waals surface area (Å²) in [5.41, 5.74) is 2.25. The van der Waals surface area contributed by atoms with Crippen molar-refractivity contribution in [2.24, 2.45) is 11.8 Å². The maximum Gasteiger partial charge on any atom is 0.307 e. The van der Waals surface area contributed by atoms with Crippen LogP contribution in [0.5, 0.6) is 0 Å². The van der Waals surface area contributed by atoms with Crippen molar-refractivity contribution < 1.29 is 14.7 Å². The quantitative estimate of drug-likeness (QED) is 0.882. The summed E-state index contributed by atoms with van der Waals surface area (Å²) in [5, 5.41) is 8.88. The van der Waals surface area contributed by atoms with Gasteiger partial charge in [-0.15, -0.1) is 0 Å². The maximum absolute atomic E-state index is 12.2. The van der Waals surface area contributed by atoms with E-state index in [2.05, 4.69) is 6.07 Å². The van der Waals surface area contributed by atoms with E-state index in [-0.39, 0.29) is 11.8 Å². The van der Waals surface area contributed by atoms with E-state index < -0.39 is 11.9 Å². The van der Waals surface area contributed by atoms with Gasteiger partial charge in [-0.1, -0.05) is 29.8 Å². The van der Waals surface area contributed by atoms with Gasteiger partial charge in [-0.25, -0.2) is 0 Å². The van der Waals surface area contributed by atoms with Gasteiger partial charge >= 0.3 is 5.97 Å². The first-order valence-corrected chi connectivity index (χ1v) is 6.60. The number of hydrogen-bond donors (Lipinski definition) is 1. The van der Waals surface area contributed by atoms with Crippen LogP contribution < -0.4 is 0 Å². The lowest BCUT2D eigenvalue weighted by molar-refractivity contribution is -0.142. The van der Waals surface area contributed by atoms with Crippen molar-refractivity contribution in [3.8, 4) is 0 Å². The Kier molecular flexibility index (Phi) is 3.88. The summed E-state index contributed by atoms with van der Waals surface area (Å²) < 4.78 is 0. The number of amides is 1. The van der Waals surface area contributed by atoms with Crippen LogP contribution in [0.4, 0.5) is 0 Å². The number of aryl methyl sites for hydroxylation is 1. The zero-order valence-corrected chi connectivity index (χ0v) is 11.3. The fraction of sp³-hybridized carbons (Fsp3) is 0.467. The van der Waals surface area contributed by atoms with Crippen molar-refractivity contribution in [2.75, 3.05) is 6.54 Å². The molecule has 1 aliphatic carbocycles. The molecule has 1 aromatic carbocycles. The number of hydrogen-bond acceptors (Lipinski definition) is 2. The third-order valence-electron chi connectivity index (χ3n) is 3.57. The standard InChI is InChI=1S/C15H19NO3/c1-3-16(9-11-6-4-5-10(2)7-11)14(17)12-8-13(12)15(18)19/h4-7,12-13H,3,8-9H2,1-2H3,(H,18,19)/t12-,13+/m1/s1. The number of benzene rings is 1. The number of carbonyl (C=O) groups is 2. The second-order valence-electron chi connectivity index (χ2n) is 5.13. The van der Waals surface area contributed by atoms with Crippen molar-refractivity contribution in [3.63, 3.8) is 0 Å². The zero-order chi connectivity index (χ0) is 14.0. The lowest BCUT2D eigenvalue weighted by atomic mass is 10.1. The number of carboxylic acid groups (broad SMARTS) is 1. The molecule has 0 bridgehead atoms. The Balaban J connectivity index is 2.01. The Morgan fingerprint density at radius 2 is 2.11 bits per heavy atom. The molecule has 1 N–H and O–H groups in total. The van der Waals surface area contributed by atoms with Gasteiger partial charge in [0.05, 0.1) is 11.8 Å². The van der Waals surface area contributed by atoms with Gasteiger partial charge in [0.15, 0.2) is 0 Å².